The fourth-order valence-electron chi connectivity index (χ4n) is 2.50. The highest BCUT2D eigenvalue weighted by molar-refractivity contribution is 6.06. The van der Waals surface area contributed by atoms with Crippen LogP contribution in [0.25, 0.3) is 0 Å². The first-order valence-electron chi connectivity index (χ1n) is 7.73. The van der Waals surface area contributed by atoms with Crippen molar-refractivity contribution in [3.63, 3.8) is 0 Å². The van der Waals surface area contributed by atoms with Gasteiger partial charge in [-0.05, 0) is 32.9 Å². The van der Waals surface area contributed by atoms with Gasteiger partial charge in [-0.1, -0.05) is 0 Å². The zero-order chi connectivity index (χ0) is 17.0. The number of ether oxygens (including phenoxy) is 2. The average Bonchev–Trinajstić information content (AvgIpc) is 2.54. The van der Waals surface area contributed by atoms with Gasteiger partial charge in [0.1, 0.15) is 11.5 Å². The molecule has 0 bridgehead atoms. The topological polar surface area (TPSA) is 72.9 Å². The van der Waals surface area contributed by atoms with Gasteiger partial charge in [0.2, 0.25) is 0 Å². The quantitative estimate of drug-likeness (QED) is 0.751. The number of benzene rings is 1. The number of hydrogen-bond acceptors (Lipinski definition) is 5. The second kappa shape index (κ2) is 7.26. The predicted octanol–water partition coefficient (Wildman–Crippen LogP) is 2.10. The number of Topliss-reactive ketones (excluding diaryl/α,β-unsaturated/α-hetero) is 2. The first kappa shape index (κ1) is 17.0. The number of carbonyl (C=O) groups excluding carboxylic acids is 3. The van der Waals surface area contributed by atoms with Crippen LogP contribution in [0.3, 0.4) is 0 Å². The van der Waals surface area contributed by atoms with E-state index in [1.165, 1.54) is 13.0 Å². The largest absolute Gasteiger partial charge is 0.492 e. The van der Waals surface area contributed by atoms with Crippen molar-refractivity contribution in [2.75, 3.05) is 26.3 Å². The first-order valence-corrected chi connectivity index (χ1v) is 7.73. The van der Waals surface area contributed by atoms with Crippen molar-refractivity contribution >= 4 is 17.5 Å². The van der Waals surface area contributed by atoms with Gasteiger partial charge in [-0.3, -0.25) is 14.4 Å². The van der Waals surface area contributed by atoms with Crippen molar-refractivity contribution in [1.82, 2.24) is 4.90 Å². The van der Waals surface area contributed by atoms with Crippen LogP contribution in [-0.2, 0) is 4.79 Å². The molecule has 2 rings (SSSR count). The highest BCUT2D eigenvalue weighted by Crippen LogP contribution is 2.33. The van der Waals surface area contributed by atoms with Crippen molar-refractivity contribution < 1.29 is 23.9 Å². The molecule has 0 N–H and O–H groups in total. The van der Waals surface area contributed by atoms with E-state index in [0.717, 1.165) is 0 Å². The van der Waals surface area contributed by atoms with E-state index in [2.05, 4.69) is 0 Å². The fourth-order valence-corrected chi connectivity index (χ4v) is 2.50. The number of nitrogens with zero attached hydrogens (tertiary/aromatic N) is 1. The van der Waals surface area contributed by atoms with Gasteiger partial charge >= 0.3 is 0 Å². The number of hydrogen-bond donors (Lipinski definition) is 0. The standard InChI is InChI=1S/C17H21NO5/c1-4-18(5-2)16(21)10-23-12-8-13(11(3)19)17-14(9-12)15(20)6-7-22-17/h8-9H,4-7,10H2,1-3H3. The summed E-state index contributed by atoms with van der Waals surface area (Å²) in [5.74, 6) is 0.204. The SMILES string of the molecule is CCN(CC)C(=O)COc1cc(C(C)=O)c2c(c1)C(=O)CCO2. The Labute approximate surface area is 135 Å². The Morgan fingerprint density at radius 1 is 1.26 bits per heavy atom. The van der Waals surface area contributed by atoms with Gasteiger partial charge in [0, 0.05) is 19.5 Å². The summed E-state index contributed by atoms with van der Waals surface area (Å²) in [4.78, 5) is 37.5. The van der Waals surface area contributed by atoms with E-state index in [-0.39, 0.29) is 37.1 Å². The van der Waals surface area contributed by atoms with E-state index in [4.69, 9.17) is 9.47 Å². The molecule has 6 nitrogen and oxygen atoms in total. The van der Waals surface area contributed by atoms with Crippen LogP contribution in [0, 0.1) is 0 Å². The van der Waals surface area contributed by atoms with E-state index in [0.29, 0.717) is 35.7 Å². The summed E-state index contributed by atoms with van der Waals surface area (Å²) in [6, 6.07) is 3.06. The van der Waals surface area contributed by atoms with Crippen molar-refractivity contribution in [3.8, 4) is 11.5 Å². The molecule has 1 amide bonds. The molecule has 1 aliphatic heterocycles. The lowest BCUT2D eigenvalue weighted by atomic mass is 9.99. The van der Waals surface area contributed by atoms with Crippen LogP contribution < -0.4 is 9.47 Å². The number of ketones is 2. The summed E-state index contributed by atoms with van der Waals surface area (Å²) in [5.41, 5.74) is 0.648. The summed E-state index contributed by atoms with van der Waals surface area (Å²) in [7, 11) is 0. The van der Waals surface area contributed by atoms with E-state index in [1.807, 2.05) is 13.8 Å². The lowest BCUT2D eigenvalue weighted by Crippen LogP contribution is -2.34. The second-order valence-corrected chi connectivity index (χ2v) is 5.28. The summed E-state index contributed by atoms with van der Waals surface area (Å²) in [5, 5.41) is 0. The molecule has 0 spiro atoms. The molecule has 0 radical (unpaired) electrons. The Morgan fingerprint density at radius 3 is 2.57 bits per heavy atom. The predicted molar refractivity (Wildman–Crippen MR) is 84.3 cm³/mol. The van der Waals surface area contributed by atoms with E-state index in [9.17, 15) is 14.4 Å². The summed E-state index contributed by atoms with van der Waals surface area (Å²) < 4.78 is 11.0. The zero-order valence-corrected chi connectivity index (χ0v) is 13.7. The zero-order valence-electron chi connectivity index (χ0n) is 13.7. The van der Waals surface area contributed by atoms with Crippen LogP contribution in [0.15, 0.2) is 12.1 Å². The van der Waals surface area contributed by atoms with Crippen LogP contribution >= 0.6 is 0 Å². The van der Waals surface area contributed by atoms with Gasteiger partial charge in [0.25, 0.3) is 5.91 Å². The van der Waals surface area contributed by atoms with E-state index < -0.39 is 0 Å². The minimum atomic E-state index is -0.212. The Hall–Kier alpha value is -2.37. The van der Waals surface area contributed by atoms with Crippen molar-refractivity contribution in [1.29, 1.82) is 0 Å². The number of rotatable bonds is 6. The van der Waals surface area contributed by atoms with Crippen LogP contribution in [0.1, 0.15) is 47.9 Å². The lowest BCUT2D eigenvalue weighted by Gasteiger charge is -2.21. The van der Waals surface area contributed by atoms with Gasteiger partial charge in [-0.15, -0.1) is 0 Å². The fraction of sp³-hybridized carbons (Fsp3) is 0.471. The molecule has 0 saturated heterocycles. The molecule has 0 unspecified atom stereocenters. The van der Waals surface area contributed by atoms with Gasteiger partial charge in [-0.25, -0.2) is 0 Å². The third-order valence-corrected chi connectivity index (χ3v) is 3.80. The summed E-state index contributed by atoms with van der Waals surface area (Å²) in [6.07, 6.45) is 0.270. The Balaban J connectivity index is 2.25. The van der Waals surface area contributed by atoms with E-state index in [1.54, 1.807) is 11.0 Å². The third-order valence-electron chi connectivity index (χ3n) is 3.80. The molecule has 0 aromatic heterocycles. The highest BCUT2D eigenvalue weighted by atomic mass is 16.5. The molecular weight excluding hydrogens is 298 g/mol. The molecule has 124 valence electrons. The summed E-state index contributed by atoms with van der Waals surface area (Å²) >= 11 is 0. The van der Waals surface area contributed by atoms with Gasteiger partial charge in [0.05, 0.1) is 17.7 Å². The van der Waals surface area contributed by atoms with Crippen LogP contribution in [0.4, 0.5) is 0 Å². The van der Waals surface area contributed by atoms with Crippen molar-refractivity contribution in [2.45, 2.75) is 27.2 Å². The number of amides is 1. The second-order valence-electron chi connectivity index (χ2n) is 5.28. The minimum Gasteiger partial charge on any atom is -0.492 e. The van der Waals surface area contributed by atoms with Crippen LogP contribution in [0.2, 0.25) is 0 Å². The maximum atomic E-state index is 12.0. The number of carbonyl (C=O) groups is 3. The molecule has 0 aliphatic carbocycles. The first-order chi connectivity index (χ1) is 11.0. The van der Waals surface area contributed by atoms with Gasteiger partial charge in [-0.2, -0.15) is 0 Å². The lowest BCUT2D eigenvalue weighted by molar-refractivity contribution is -0.132. The molecule has 1 heterocycles. The monoisotopic (exact) mass is 319 g/mol. The number of fused-ring (bicyclic) bond motifs is 1. The molecule has 23 heavy (non-hydrogen) atoms. The van der Waals surface area contributed by atoms with Crippen LogP contribution in [0.5, 0.6) is 11.5 Å². The maximum absolute atomic E-state index is 12.0. The summed E-state index contributed by atoms with van der Waals surface area (Å²) in [6.45, 7) is 6.54. The smallest absolute Gasteiger partial charge is 0.260 e. The van der Waals surface area contributed by atoms with Gasteiger partial charge < -0.3 is 14.4 Å². The maximum Gasteiger partial charge on any atom is 0.260 e. The van der Waals surface area contributed by atoms with Crippen LogP contribution in [-0.4, -0.2) is 48.7 Å². The molecular formula is C17H21NO5. The van der Waals surface area contributed by atoms with Gasteiger partial charge in [0.15, 0.2) is 18.2 Å². The Bertz CT molecular complexity index is 617. The van der Waals surface area contributed by atoms with Crippen molar-refractivity contribution in [3.05, 3.63) is 23.3 Å². The van der Waals surface area contributed by atoms with E-state index >= 15 is 0 Å². The minimum absolute atomic E-state index is 0.0886. The molecule has 1 aromatic carbocycles. The Kier molecular flexibility index (Phi) is 5.36. The molecule has 1 aliphatic rings. The average molecular weight is 319 g/mol. The molecule has 6 heteroatoms. The highest BCUT2D eigenvalue weighted by Gasteiger charge is 2.25. The molecule has 0 saturated carbocycles. The Morgan fingerprint density at radius 2 is 1.96 bits per heavy atom. The van der Waals surface area contributed by atoms with Crippen molar-refractivity contribution in [2.24, 2.45) is 0 Å². The number of likely N-dealkylation sites (N-methyl/N-ethyl adjacent to an activating group) is 1. The molecule has 1 aromatic rings. The third kappa shape index (κ3) is 3.70. The normalized spacial score (nSPS) is 13.1. The molecule has 0 atom stereocenters. The molecule has 0 fully saturated rings.